The molecule has 2 heteroatoms. The molecule has 0 spiro atoms. The van der Waals surface area contributed by atoms with Crippen LogP contribution in [0.3, 0.4) is 0 Å². The van der Waals surface area contributed by atoms with Crippen LogP contribution in [0.15, 0.2) is 94.9 Å². The minimum atomic E-state index is 0.961. The molecule has 0 aliphatic rings. The molecule has 52 heavy (non-hydrogen) atoms. The van der Waals surface area contributed by atoms with E-state index in [4.69, 9.17) is 9.98 Å². The Kier molecular flexibility index (Phi) is 10.3. The molecule has 6 rings (SSSR count). The van der Waals surface area contributed by atoms with Gasteiger partial charge in [-0.3, -0.25) is 9.98 Å². The zero-order valence-electron chi connectivity index (χ0n) is 33.1. The maximum absolute atomic E-state index is 5.31. The van der Waals surface area contributed by atoms with Crippen molar-refractivity contribution >= 4 is 23.8 Å². The van der Waals surface area contributed by atoms with Crippen molar-refractivity contribution in [3.8, 4) is 44.5 Å². The van der Waals surface area contributed by atoms with E-state index >= 15 is 0 Å². The number of benzene rings is 6. The second-order valence-corrected chi connectivity index (χ2v) is 15.1. The van der Waals surface area contributed by atoms with Gasteiger partial charge in [-0.1, -0.05) is 107 Å². The van der Waals surface area contributed by atoms with Gasteiger partial charge in [-0.15, -0.1) is 0 Å². The highest BCUT2D eigenvalue weighted by molar-refractivity contribution is 6.19. The molecular formula is C50H52N2. The summed E-state index contributed by atoms with van der Waals surface area (Å²) in [6.07, 6.45) is 3.79. The van der Waals surface area contributed by atoms with Crippen LogP contribution in [0.1, 0.15) is 66.8 Å². The number of para-hydroxylation sites is 2. The predicted octanol–water partition coefficient (Wildman–Crippen LogP) is 14.2. The number of hydrogen-bond donors (Lipinski definition) is 0. The van der Waals surface area contributed by atoms with E-state index in [9.17, 15) is 0 Å². The summed E-state index contributed by atoms with van der Waals surface area (Å²) >= 11 is 0. The second kappa shape index (κ2) is 14.7. The van der Waals surface area contributed by atoms with E-state index in [2.05, 4.69) is 168 Å². The van der Waals surface area contributed by atoms with Gasteiger partial charge in [0.15, 0.2) is 0 Å². The molecule has 0 aliphatic heterocycles. The average Bonchev–Trinajstić information content (AvgIpc) is 3.03. The van der Waals surface area contributed by atoms with E-state index in [0.717, 1.165) is 33.6 Å². The smallest absolute Gasteiger partial charge is 0.0787 e. The first-order valence-electron chi connectivity index (χ1n) is 18.4. The van der Waals surface area contributed by atoms with Crippen LogP contribution < -0.4 is 0 Å². The number of hydrogen-bond acceptors (Lipinski definition) is 2. The molecule has 0 saturated carbocycles. The van der Waals surface area contributed by atoms with Crippen molar-refractivity contribution in [1.82, 2.24) is 0 Å². The Morgan fingerprint density at radius 3 is 0.692 bits per heavy atom. The third-order valence-electron chi connectivity index (χ3n) is 10.3. The molecule has 0 heterocycles. The lowest BCUT2D eigenvalue weighted by molar-refractivity contribution is 1.30. The number of aryl methyl sites for hydroxylation is 12. The first-order chi connectivity index (χ1) is 24.7. The molecule has 0 radical (unpaired) electrons. The van der Waals surface area contributed by atoms with Crippen molar-refractivity contribution in [3.05, 3.63) is 152 Å². The topological polar surface area (TPSA) is 24.7 Å². The van der Waals surface area contributed by atoms with Crippen molar-refractivity contribution in [2.24, 2.45) is 9.98 Å². The van der Waals surface area contributed by atoms with Crippen molar-refractivity contribution in [2.45, 2.75) is 83.1 Å². The summed E-state index contributed by atoms with van der Waals surface area (Å²) in [5.74, 6) is 0. The lowest BCUT2D eigenvalue weighted by atomic mass is 9.87. The highest BCUT2D eigenvalue weighted by Crippen LogP contribution is 2.45. The fourth-order valence-corrected chi connectivity index (χ4v) is 8.81. The van der Waals surface area contributed by atoms with Gasteiger partial charge in [-0.2, -0.15) is 0 Å². The molecule has 0 unspecified atom stereocenters. The van der Waals surface area contributed by atoms with Gasteiger partial charge in [0.25, 0.3) is 0 Å². The third-order valence-corrected chi connectivity index (χ3v) is 10.3. The average molecular weight is 681 g/mol. The third kappa shape index (κ3) is 7.08. The van der Waals surface area contributed by atoms with Crippen molar-refractivity contribution in [2.75, 3.05) is 0 Å². The summed E-state index contributed by atoms with van der Waals surface area (Å²) in [5, 5.41) is 0. The number of aliphatic imine (C=N–C) groups is 2. The van der Waals surface area contributed by atoms with Gasteiger partial charge in [0, 0.05) is 34.7 Å². The fourth-order valence-electron chi connectivity index (χ4n) is 8.81. The summed E-state index contributed by atoms with van der Waals surface area (Å²) in [5.41, 5.74) is 26.5. The molecule has 0 saturated heterocycles. The zero-order valence-corrected chi connectivity index (χ0v) is 33.1. The summed E-state index contributed by atoms with van der Waals surface area (Å²) < 4.78 is 0. The Morgan fingerprint density at radius 1 is 0.308 bits per heavy atom. The van der Waals surface area contributed by atoms with Crippen LogP contribution in [-0.4, -0.2) is 12.4 Å². The zero-order chi connectivity index (χ0) is 37.4. The summed E-state index contributed by atoms with van der Waals surface area (Å²) in [4.78, 5) is 10.6. The second-order valence-electron chi connectivity index (χ2n) is 15.1. The van der Waals surface area contributed by atoms with Crippen LogP contribution in [0.2, 0.25) is 0 Å². The van der Waals surface area contributed by atoms with E-state index in [1.165, 1.54) is 89.0 Å². The van der Waals surface area contributed by atoms with E-state index < -0.39 is 0 Å². The van der Waals surface area contributed by atoms with Crippen LogP contribution in [0.5, 0.6) is 0 Å². The van der Waals surface area contributed by atoms with Gasteiger partial charge >= 0.3 is 0 Å². The SMILES string of the molecule is Cc1cc(C)c(-c2cccc(-c3c(C)cc(C)cc3C)c2N=CC=Nc2c(-c3c(C)cc(C)cc3C)cccc2-c2c(C)cc(C)cc2C)c(C)c1. The first-order valence-corrected chi connectivity index (χ1v) is 18.4. The summed E-state index contributed by atoms with van der Waals surface area (Å²) in [7, 11) is 0. The molecule has 6 aromatic carbocycles. The molecule has 0 amide bonds. The predicted molar refractivity (Wildman–Crippen MR) is 228 cm³/mol. The van der Waals surface area contributed by atoms with Crippen LogP contribution in [-0.2, 0) is 0 Å². The molecule has 0 fully saturated rings. The van der Waals surface area contributed by atoms with Crippen LogP contribution >= 0.6 is 0 Å². The Balaban J connectivity index is 1.58. The Bertz CT molecular complexity index is 2000. The molecule has 0 N–H and O–H groups in total. The lowest BCUT2D eigenvalue weighted by Gasteiger charge is -2.19. The highest BCUT2D eigenvalue weighted by atomic mass is 14.8. The Labute approximate surface area is 312 Å². The van der Waals surface area contributed by atoms with Crippen LogP contribution in [0, 0.1) is 83.1 Å². The number of nitrogens with zero attached hydrogens (tertiary/aromatic N) is 2. The largest absolute Gasteiger partial charge is 0.254 e. The Morgan fingerprint density at radius 2 is 0.500 bits per heavy atom. The van der Waals surface area contributed by atoms with Gasteiger partial charge in [-0.25, -0.2) is 0 Å². The number of rotatable bonds is 7. The maximum Gasteiger partial charge on any atom is 0.0787 e. The molecule has 262 valence electrons. The summed E-state index contributed by atoms with van der Waals surface area (Å²) in [6, 6.07) is 31.4. The van der Waals surface area contributed by atoms with Gasteiger partial charge < -0.3 is 0 Å². The van der Waals surface area contributed by atoms with E-state index in [1.807, 2.05) is 12.4 Å². The molecular weight excluding hydrogens is 629 g/mol. The van der Waals surface area contributed by atoms with Gasteiger partial charge in [0.1, 0.15) is 0 Å². The minimum Gasteiger partial charge on any atom is -0.254 e. The normalized spacial score (nSPS) is 11.7. The van der Waals surface area contributed by atoms with Gasteiger partial charge in [-0.05, 0) is 150 Å². The van der Waals surface area contributed by atoms with Crippen molar-refractivity contribution in [1.29, 1.82) is 0 Å². The van der Waals surface area contributed by atoms with Gasteiger partial charge in [0.05, 0.1) is 11.4 Å². The molecule has 2 nitrogen and oxygen atoms in total. The maximum atomic E-state index is 5.31. The highest BCUT2D eigenvalue weighted by Gasteiger charge is 2.19. The van der Waals surface area contributed by atoms with E-state index in [0.29, 0.717) is 0 Å². The minimum absolute atomic E-state index is 0.961. The fraction of sp³-hybridized carbons (Fsp3) is 0.240. The molecule has 0 aliphatic carbocycles. The summed E-state index contributed by atoms with van der Waals surface area (Å²) in [6.45, 7) is 26.3. The van der Waals surface area contributed by atoms with Crippen LogP contribution in [0.4, 0.5) is 11.4 Å². The van der Waals surface area contributed by atoms with Crippen LogP contribution in [0.25, 0.3) is 44.5 Å². The van der Waals surface area contributed by atoms with Gasteiger partial charge in [0.2, 0.25) is 0 Å². The van der Waals surface area contributed by atoms with E-state index in [-0.39, 0.29) is 0 Å². The van der Waals surface area contributed by atoms with Crippen molar-refractivity contribution < 1.29 is 0 Å². The van der Waals surface area contributed by atoms with E-state index in [1.54, 1.807) is 0 Å². The molecule has 0 aromatic heterocycles. The lowest BCUT2D eigenvalue weighted by Crippen LogP contribution is -1.96. The van der Waals surface area contributed by atoms with Crippen molar-refractivity contribution in [3.63, 3.8) is 0 Å². The monoisotopic (exact) mass is 680 g/mol. The quantitative estimate of drug-likeness (QED) is 0.150. The molecule has 0 bridgehead atoms. The first kappa shape index (κ1) is 36.5. The Hall–Kier alpha value is -5.34. The molecule has 0 atom stereocenters. The molecule has 6 aromatic rings. The standard InChI is InChI=1S/C50H52N2/c1-29-21-33(5)45(34(6)22-29)41-15-13-16-42(46-35(7)23-30(2)24-36(46)8)49(41)51-19-20-52-50-43(47-37(9)25-31(3)26-38(47)10)17-14-18-44(50)48-39(11)27-32(4)28-40(48)12/h13-28H,1-12H3.